The van der Waals surface area contributed by atoms with Crippen LogP contribution >= 0.6 is 0 Å². The van der Waals surface area contributed by atoms with E-state index in [9.17, 15) is 9.90 Å². The fourth-order valence-corrected chi connectivity index (χ4v) is 1.51. The van der Waals surface area contributed by atoms with Gasteiger partial charge in [-0.1, -0.05) is 24.3 Å². The van der Waals surface area contributed by atoms with Crippen molar-refractivity contribution in [3.63, 3.8) is 0 Å². The number of carboxylic acids is 1. The van der Waals surface area contributed by atoms with Crippen LogP contribution < -0.4 is 0 Å². The third-order valence-electron chi connectivity index (χ3n) is 2.36. The summed E-state index contributed by atoms with van der Waals surface area (Å²) in [5.41, 5.74) is 1.64. The first-order valence-corrected chi connectivity index (χ1v) is 5.23. The van der Waals surface area contributed by atoms with Crippen molar-refractivity contribution in [2.75, 3.05) is 6.61 Å². The number of aliphatic carboxylic acids is 1. The van der Waals surface area contributed by atoms with Gasteiger partial charge >= 0.3 is 5.97 Å². The number of benzene rings is 1. The van der Waals surface area contributed by atoms with Crippen LogP contribution in [-0.4, -0.2) is 27.9 Å². The van der Waals surface area contributed by atoms with Crippen molar-refractivity contribution >= 4 is 5.97 Å². The lowest BCUT2D eigenvalue weighted by molar-refractivity contribution is -0.137. The molecule has 0 amide bonds. The van der Waals surface area contributed by atoms with Crippen LogP contribution in [0, 0.1) is 0 Å². The zero-order valence-corrected chi connectivity index (χ0v) is 8.97. The minimum atomic E-state index is -0.862. The molecule has 88 valence electrons. The summed E-state index contributed by atoms with van der Waals surface area (Å²) in [6.45, 7) is -0.307. The molecular weight excluding hydrogens is 208 g/mol. The van der Waals surface area contributed by atoms with Gasteiger partial charge in [-0.15, -0.1) is 0 Å². The molecule has 0 aliphatic heterocycles. The molecule has 0 heterocycles. The summed E-state index contributed by atoms with van der Waals surface area (Å²) in [6, 6.07) is 7.21. The summed E-state index contributed by atoms with van der Waals surface area (Å²) in [5.74, 6) is -0.799. The third-order valence-corrected chi connectivity index (χ3v) is 2.36. The summed E-state index contributed by atoms with van der Waals surface area (Å²) in [4.78, 5) is 10.3. The van der Waals surface area contributed by atoms with E-state index in [1.165, 1.54) is 0 Å². The second kappa shape index (κ2) is 6.25. The van der Waals surface area contributed by atoms with Crippen LogP contribution in [0.25, 0.3) is 0 Å². The van der Waals surface area contributed by atoms with Crippen LogP contribution in [0.2, 0.25) is 0 Å². The van der Waals surface area contributed by atoms with Crippen molar-refractivity contribution in [1.29, 1.82) is 0 Å². The van der Waals surface area contributed by atoms with E-state index in [2.05, 4.69) is 0 Å². The number of hydrogen-bond donors (Lipinski definition) is 3. The van der Waals surface area contributed by atoms with Gasteiger partial charge in [0.1, 0.15) is 6.10 Å². The molecule has 0 spiro atoms. The molecule has 4 heteroatoms. The van der Waals surface area contributed by atoms with Crippen molar-refractivity contribution < 1.29 is 20.1 Å². The number of aliphatic hydroxyl groups is 2. The van der Waals surface area contributed by atoms with Crippen molar-refractivity contribution in [2.24, 2.45) is 0 Å². The Hall–Kier alpha value is -1.39. The van der Waals surface area contributed by atoms with Gasteiger partial charge in [-0.05, 0) is 24.0 Å². The number of carboxylic acid groups (broad SMARTS) is 1. The van der Waals surface area contributed by atoms with Gasteiger partial charge in [-0.2, -0.15) is 0 Å². The first-order valence-electron chi connectivity index (χ1n) is 5.23. The largest absolute Gasteiger partial charge is 0.481 e. The van der Waals surface area contributed by atoms with Gasteiger partial charge < -0.3 is 15.3 Å². The highest BCUT2D eigenvalue weighted by Crippen LogP contribution is 2.15. The van der Waals surface area contributed by atoms with E-state index in [1.54, 1.807) is 18.2 Å². The minimum absolute atomic E-state index is 0.146. The molecule has 0 aliphatic rings. The molecule has 1 atom stereocenters. The van der Waals surface area contributed by atoms with Crippen LogP contribution in [0.3, 0.4) is 0 Å². The average Bonchev–Trinajstić information content (AvgIpc) is 2.28. The zero-order valence-electron chi connectivity index (χ0n) is 8.97. The van der Waals surface area contributed by atoms with E-state index >= 15 is 0 Å². The summed E-state index contributed by atoms with van der Waals surface area (Å²) < 4.78 is 0. The standard InChI is InChI=1S/C12H16O4/c13-8-11(14)10-5-1-3-9(7-10)4-2-6-12(15)16/h1,3,5,7,11,13-14H,2,4,6,8H2,(H,15,16). The smallest absolute Gasteiger partial charge is 0.303 e. The van der Waals surface area contributed by atoms with Gasteiger partial charge in [0.05, 0.1) is 6.61 Å². The van der Waals surface area contributed by atoms with Gasteiger partial charge in [0.2, 0.25) is 0 Å². The number of carbonyl (C=O) groups is 1. The first-order chi connectivity index (χ1) is 7.63. The summed E-state index contributed by atoms with van der Waals surface area (Å²) >= 11 is 0. The molecule has 3 N–H and O–H groups in total. The maximum atomic E-state index is 10.3. The van der Waals surface area contributed by atoms with Crippen molar-refractivity contribution in [3.05, 3.63) is 35.4 Å². The molecule has 0 saturated heterocycles. The number of aliphatic hydroxyl groups excluding tert-OH is 2. The fourth-order valence-electron chi connectivity index (χ4n) is 1.51. The molecule has 1 aromatic carbocycles. The molecule has 0 radical (unpaired) electrons. The van der Waals surface area contributed by atoms with E-state index in [0.717, 1.165) is 5.56 Å². The summed E-state index contributed by atoms with van der Waals surface area (Å²) in [5, 5.41) is 26.7. The van der Waals surface area contributed by atoms with Crippen molar-refractivity contribution in [3.8, 4) is 0 Å². The summed E-state index contributed by atoms with van der Waals surface area (Å²) in [7, 11) is 0. The molecule has 1 aromatic rings. The van der Waals surface area contributed by atoms with Gasteiger partial charge in [-0.3, -0.25) is 4.79 Å². The second-order valence-corrected chi connectivity index (χ2v) is 3.69. The van der Waals surface area contributed by atoms with Crippen molar-refractivity contribution in [1.82, 2.24) is 0 Å². The lowest BCUT2D eigenvalue weighted by Crippen LogP contribution is -2.03. The predicted octanol–water partition coefficient (Wildman–Crippen LogP) is 1.12. The van der Waals surface area contributed by atoms with E-state index in [0.29, 0.717) is 18.4 Å². The van der Waals surface area contributed by atoms with Crippen LogP contribution in [0.4, 0.5) is 0 Å². The lowest BCUT2D eigenvalue weighted by atomic mass is 10.0. The molecule has 0 aromatic heterocycles. The molecule has 4 nitrogen and oxygen atoms in total. The first kappa shape index (κ1) is 12.7. The molecule has 0 aliphatic carbocycles. The van der Waals surface area contributed by atoms with Gasteiger partial charge in [0.25, 0.3) is 0 Å². The van der Waals surface area contributed by atoms with Crippen LogP contribution in [-0.2, 0) is 11.2 Å². The van der Waals surface area contributed by atoms with Gasteiger partial charge in [-0.25, -0.2) is 0 Å². The maximum absolute atomic E-state index is 10.3. The lowest BCUT2D eigenvalue weighted by Gasteiger charge is -2.09. The number of rotatable bonds is 6. The van der Waals surface area contributed by atoms with Crippen LogP contribution in [0.15, 0.2) is 24.3 Å². The topological polar surface area (TPSA) is 77.8 Å². The van der Waals surface area contributed by atoms with Crippen LogP contribution in [0.1, 0.15) is 30.1 Å². The molecule has 0 bridgehead atoms. The predicted molar refractivity (Wildman–Crippen MR) is 59.1 cm³/mol. The Kier molecular flexibility index (Phi) is 4.95. The Morgan fingerprint density at radius 2 is 2.12 bits per heavy atom. The van der Waals surface area contributed by atoms with E-state index in [-0.39, 0.29) is 13.0 Å². The number of aryl methyl sites for hydroxylation is 1. The Morgan fingerprint density at radius 1 is 1.38 bits per heavy atom. The average molecular weight is 224 g/mol. The highest BCUT2D eigenvalue weighted by molar-refractivity contribution is 5.66. The molecule has 16 heavy (non-hydrogen) atoms. The Balaban J connectivity index is 2.57. The normalized spacial score (nSPS) is 12.4. The second-order valence-electron chi connectivity index (χ2n) is 3.69. The Labute approximate surface area is 94.2 Å². The van der Waals surface area contributed by atoms with E-state index in [4.69, 9.17) is 10.2 Å². The Morgan fingerprint density at radius 3 is 2.75 bits per heavy atom. The van der Waals surface area contributed by atoms with Crippen LogP contribution in [0.5, 0.6) is 0 Å². The highest BCUT2D eigenvalue weighted by Gasteiger charge is 2.06. The molecular formula is C12H16O4. The minimum Gasteiger partial charge on any atom is -0.481 e. The molecule has 0 fully saturated rings. The van der Waals surface area contributed by atoms with E-state index in [1.807, 2.05) is 6.07 Å². The molecule has 0 saturated carbocycles. The monoisotopic (exact) mass is 224 g/mol. The quantitative estimate of drug-likeness (QED) is 0.676. The fraction of sp³-hybridized carbons (Fsp3) is 0.417. The molecule has 1 rings (SSSR count). The van der Waals surface area contributed by atoms with Crippen molar-refractivity contribution in [2.45, 2.75) is 25.4 Å². The zero-order chi connectivity index (χ0) is 12.0. The highest BCUT2D eigenvalue weighted by atomic mass is 16.4. The number of hydrogen-bond acceptors (Lipinski definition) is 3. The molecule has 1 unspecified atom stereocenters. The maximum Gasteiger partial charge on any atom is 0.303 e. The van der Waals surface area contributed by atoms with Gasteiger partial charge in [0.15, 0.2) is 0 Å². The SMILES string of the molecule is O=C(O)CCCc1cccc(C(O)CO)c1. The Bertz CT molecular complexity index is 349. The third kappa shape index (κ3) is 4.00. The van der Waals surface area contributed by atoms with E-state index < -0.39 is 12.1 Å². The summed E-state index contributed by atoms with van der Waals surface area (Å²) in [6.07, 6.45) is 0.526. The van der Waals surface area contributed by atoms with Gasteiger partial charge in [0, 0.05) is 6.42 Å².